The molecule has 3 heteroatoms. The summed E-state index contributed by atoms with van der Waals surface area (Å²) < 4.78 is 16.3. The molecule has 2 nitrogen and oxygen atoms in total. The first-order valence-electron chi connectivity index (χ1n) is 3.69. The lowest BCUT2D eigenvalue weighted by atomic mass is 10.2. The molecule has 1 unspecified atom stereocenters. The van der Waals surface area contributed by atoms with Crippen LogP contribution in [0.4, 0.5) is 0 Å². The van der Waals surface area contributed by atoms with Gasteiger partial charge in [-0.2, -0.15) is 0 Å². The quantitative estimate of drug-likeness (QED) is 0.597. The minimum absolute atomic E-state index is 0.144. The van der Waals surface area contributed by atoms with E-state index in [-0.39, 0.29) is 6.10 Å². The maximum atomic E-state index is 11.1. The van der Waals surface area contributed by atoms with Gasteiger partial charge in [-0.3, -0.25) is 4.57 Å². The van der Waals surface area contributed by atoms with Gasteiger partial charge in [-0.25, -0.2) is 0 Å². The van der Waals surface area contributed by atoms with Crippen molar-refractivity contribution in [3.8, 4) is 0 Å². The number of rotatable bonds is 4. The average Bonchev–Trinajstić information content (AvgIpc) is 1.59. The van der Waals surface area contributed by atoms with Crippen molar-refractivity contribution >= 4 is 7.37 Å². The van der Waals surface area contributed by atoms with E-state index in [1.807, 2.05) is 6.92 Å². The summed E-state index contributed by atoms with van der Waals surface area (Å²) in [6.07, 6.45) is 2.22. The highest BCUT2D eigenvalue weighted by Gasteiger charge is 2.11. The molecule has 0 bridgehead atoms. The summed E-state index contributed by atoms with van der Waals surface area (Å²) in [5.41, 5.74) is 0. The average molecular weight is 164 g/mol. The van der Waals surface area contributed by atoms with E-state index < -0.39 is 7.37 Å². The first kappa shape index (κ1) is 10.2. The molecular formula is C7H17O2P. The highest BCUT2D eigenvalue weighted by atomic mass is 31.2. The van der Waals surface area contributed by atoms with Crippen molar-refractivity contribution < 1.29 is 9.09 Å². The molecule has 1 atom stereocenters. The fourth-order valence-electron chi connectivity index (χ4n) is 0.893. The van der Waals surface area contributed by atoms with E-state index in [0.29, 0.717) is 0 Å². The SMILES string of the molecule is CCCC(C)OP(C)(C)=O. The Morgan fingerprint density at radius 3 is 2.30 bits per heavy atom. The molecule has 0 radical (unpaired) electrons. The molecule has 0 saturated heterocycles. The Morgan fingerprint density at radius 1 is 1.50 bits per heavy atom. The second-order valence-electron chi connectivity index (χ2n) is 2.96. The van der Waals surface area contributed by atoms with Crippen molar-refractivity contribution in [2.75, 3.05) is 13.3 Å². The molecule has 0 aromatic heterocycles. The van der Waals surface area contributed by atoms with Crippen LogP contribution in [0, 0.1) is 0 Å². The summed E-state index contributed by atoms with van der Waals surface area (Å²) in [6.45, 7) is 7.36. The standard InChI is InChI=1S/C7H17O2P/c1-5-6-7(2)9-10(3,4)8/h7H,5-6H2,1-4H3. The second-order valence-corrected chi connectivity index (χ2v) is 5.67. The van der Waals surface area contributed by atoms with Crippen molar-refractivity contribution in [3.05, 3.63) is 0 Å². The third-order valence-electron chi connectivity index (χ3n) is 1.13. The molecule has 0 aromatic rings. The van der Waals surface area contributed by atoms with Gasteiger partial charge >= 0.3 is 0 Å². The van der Waals surface area contributed by atoms with E-state index in [4.69, 9.17) is 4.52 Å². The molecule has 0 spiro atoms. The lowest BCUT2D eigenvalue weighted by molar-refractivity contribution is 0.217. The van der Waals surface area contributed by atoms with E-state index in [2.05, 4.69) is 6.92 Å². The van der Waals surface area contributed by atoms with Crippen LogP contribution in [0.2, 0.25) is 0 Å². The fraction of sp³-hybridized carbons (Fsp3) is 1.00. The summed E-state index contributed by atoms with van der Waals surface area (Å²) in [4.78, 5) is 0. The second kappa shape index (κ2) is 4.15. The zero-order chi connectivity index (χ0) is 8.20. The van der Waals surface area contributed by atoms with E-state index >= 15 is 0 Å². The van der Waals surface area contributed by atoms with Crippen LogP contribution in [-0.4, -0.2) is 19.4 Å². The Morgan fingerprint density at radius 2 is 2.00 bits per heavy atom. The first-order chi connectivity index (χ1) is 4.45. The third kappa shape index (κ3) is 6.31. The van der Waals surface area contributed by atoms with Gasteiger partial charge in [-0.1, -0.05) is 13.3 Å². The minimum Gasteiger partial charge on any atom is -0.326 e. The van der Waals surface area contributed by atoms with Gasteiger partial charge in [0, 0.05) is 13.3 Å². The topological polar surface area (TPSA) is 26.3 Å². The van der Waals surface area contributed by atoms with Crippen molar-refractivity contribution in [2.24, 2.45) is 0 Å². The van der Waals surface area contributed by atoms with Crippen LogP contribution in [0.25, 0.3) is 0 Å². The van der Waals surface area contributed by atoms with Gasteiger partial charge in [-0.05, 0) is 13.3 Å². The van der Waals surface area contributed by atoms with Gasteiger partial charge in [-0.15, -0.1) is 0 Å². The highest BCUT2D eigenvalue weighted by molar-refractivity contribution is 7.57. The molecule has 0 aromatic carbocycles. The molecule has 0 fully saturated rings. The van der Waals surface area contributed by atoms with Crippen molar-refractivity contribution in [2.45, 2.75) is 32.8 Å². The van der Waals surface area contributed by atoms with E-state index in [1.54, 1.807) is 13.3 Å². The summed E-state index contributed by atoms with van der Waals surface area (Å²) in [6, 6.07) is 0. The van der Waals surface area contributed by atoms with Gasteiger partial charge in [0.15, 0.2) is 7.37 Å². The first-order valence-corrected chi connectivity index (χ1v) is 6.21. The predicted molar refractivity (Wildman–Crippen MR) is 44.9 cm³/mol. The van der Waals surface area contributed by atoms with Gasteiger partial charge < -0.3 is 4.52 Å². The molecule has 0 saturated carbocycles. The molecule has 0 aliphatic heterocycles. The molecule has 0 rings (SSSR count). The van der Waals surface area contributed by atoms with Crippen molar-refractivity contribution in [1.29, 1.82) is 0 Å². The Kier molecular flexibility index (Phi) is 4.23. The van der Waals surface area contributed by atoms with E-state index in [9.17, 15) is 4.57 Å². The largest absolute Gasteiger partial charge is 0.326 e. The number of hydrogen-bond acceptors (Lipinski definition) is 2. The fourth-order valence-corrected chi connectivity index (χ4v) is 1.86. The van der Waals surface area contributed by atoms with Crippen LogP contribution in [0.15, 0.2) is 0 Å². The highest BCUT2D eigenvalue weighted by Crippen LogP contribution is 2.39. The summed E-state index contributed by atoms with van der Waals surface area (Å²) >= 11 is 0. The smallest absolute Gasteiger partial charge is 0.197 e. The lowest BCUT2D eigenvalue weighted by Crippen LogP contribution is -2.04. The molecular weight excluding hydrogens is 147 g/mol. The molecule has 0 aliphatic rings. The lowest BCUT2D eigenvalue weighted by Gasteiger charge is -2.14. The van der Waals surface area contributed by atoms with Crippen LogP contribution < -0.4 is 0 Å². The molecule has 10 heavy (non-hydrogen) atoms. The van der Waals surface area contributed by atoms with E-state index in [0.717, 1.165) is 12.8 Å². The molecule has 62 valence electrons. The third-order valence-corrected chi connectivity index (χ3v) is 2.00. The van der Waals surface area contributed by atoms with Gasteiger partial charge in [0.1, 0.15) is 0 Å². The maximum Gasteiger partial charge on any atom is 0.197 e. The molecule has 0 N–H and O–H groups in total. The molecule has 0 heterocycles. The van der Waals surface area contributed by atoms with Gasteiger partial charge in [0.05, 0.1) is 6.10 Å². The summed E-state index contributed by atoms with van der Waals surface area (Å²) in [7, 11) is -2.25. The Bertz CT molecular complexity index is 128. The van der Waals surface area contributed by atoms with E-state index in [1.165, 1.54) is 0 Å². The summed E-state index contributed by atoms with van der Waals surface area (Å²) in [5, 5.41) is 0. The minimum atomic E-state index is -2.25. The van der Waals surface area contributed by atoms with Gasteiger partial charge in [0.25, 0.3) is 0 Å². The maximum absolute atomic E-state index is 11.1. The van der Waals surface area contributed by atoms with Crippen LogP contribution in [-0.2, 0) is 9.09 Å². The Hall–Kier alpha value is 0.190. The Balaban J connectivity index is 3.58. The zero-order valence-corrected chi connectivity index (χ0v) is 8.15. The van der Waals surface area contributed by atoms with Crippen LogP contribution in [0.5, 0.6) is 0 Å². The monoisotopic (exact) mass is 164 g/mol. The predicted octanol–water partition coefficient (Wildman–Crippen LogP) is 2.73. The van der Waals surface area contributed by atoms with Crippen LogP contribution >= 0.6 is 7.37 Å². The normalized spacial score (nSPS) is 15.2. The molecule has 0 aliphatic carbocycles. The van der Waals surface area contributed by atoms with Crippen LogP contribution in [0.3, 0.4) is 0 Å². The Labute approximate surface area is 63.4 Å². The number of hydrogen-bond donors (Lipinski definition) is 0. The van der Waals surface area contributed by atoms with Crippen LogP contribution in [0.1, 0.15) is 26.7 Å². The molecule has 0 amide bonds. The van der Waals surface area contributed by atoms with Crippen molar-refractivity contribution in [3.63, 3.8) is 0 Å². The summed E-state index contributed by atoms with van der Waals surface area (Å²) in [5.74, 6) is 0. The van der Waals surface area contributed by atoms with Gasteiger partial charge in [0.2, 0.25) is 0 Å². The zero-order valence-electron chi connectivity index (χ0n) is 7.26. The van der Waals surface area contributed by atoms with Crippen molar-refractivity contribution in [1.82, 2.24) is 0 Å².